The minimum absolute atomic E-state index is 0.187. The minimum Gasteiger partial charge on any atom is -0.296 e. The van der Waals surface area contributed by atoms with Crippen LogP contribution in [0.4, 0.5) is 4.39 Å². The molecule has 3 nitrogen and oxygen atoms in total. The number of rotatable bonds is 2. The Labute approximate surface area is 123 Å². The summed E-state index contributed by atoms with van der Waals surface area (Å²) in [5.41, 5.74) is 0.363. The van der Waals surface area contributed by atoms with Gasteiger partial charge in [-0.25, -0.2) is 4.39 Å². The van der Waals surface area contributed by atoms with E-state index < -0.39 is 5.92 Å². The number of hydrogen-bond acceptors (Lipinski definition) is 2. The average molecular weight is 289 g/mol. The fourth-order valence-electron chi connectivity index (χ4n) is 4.48. The van der Waals surface area contributed by atoms with E-state index in [-0.39, 0.29) is 23.0 Å². The summed E-state index contributed by atoms with van der Waals surface area (Å²) in [5.74, 6) is -0.859. The zero-order valence-corrected chi connectivity index (χ0v) is 12.2. The molecule has 112 valence electrons. The smallest absolute Gasteiger partial charge is 0.234 e. The molecule has 1 aliphatic carbocycles. The Morgan fingerprint density at radius 3 is 2.90 bits per heavy atom. The van der Waals surface area contributed by atoms with Gasteiger partial charge in [-0.05, 0) is 41.9 Å². The van der Waals surface area contributed by atoms with Gasteiger partial charge < -0.3 is 0 Å². The Morgan fingerprint density at radius 1 is 1.38 bits per heavy atom. The average Bonchev–Trinajstić information content (AvgIpc) is 2.80. The van der Waals surface area contributed by atoms with Crippen LogP contribution in [0.3, 0.4) is 0 Å². The van der Waals surface area contributed by atoms with Gasteiger partial charge in [0.05, 0.1) is 5.92 Å². The van der Waals surface area contributed by atoms with Gasteiger partial charge in [0.25, 0.3) is 0 Å². The maximum atomic E-state index is 13.6. The number of halogens is 1. The van der Waals surface area contributed by atoms with Gasteiger partial charge in [0.2, 0.25) is 11.8 Å². The van der Waals surface area contributed by atoms with E-state index in [1.54, 1.807) is 12.1 Å². The maximum Gasteiger partial charge on any atom is 0.234 e. The first-order valence-corrected chi connectivity index (χ1v) is 7.66. The molecule has 1 N–H and O–H groups in total. The van der Waals surface area contributed by atoms with Crippen LogP contribution in [0.1, 0.15) is 50.5 Å². The molecule has 21 heavy (non-hydrogen) atoms. The van der Waals surface area contributed by atoms with Crippen molar-refractivity contribution in [2.45, 2.75) is 44.9 Å². The second kappa shape index (κ2) is 5.24. The third-order valence-corrected chi connectivity index (χ3v) is 5.27. The Bertz CT molecular complexity index is 586. The van der Waals surface area contributed by atoms with Crippen LogP contribution >= 0.6 is 0 Å². The SMILES string of the molecule is CCC1CCCC12CC(=O)NC(=O)C2c1cccc(F)c1. The molecule has 3 unspecified atom stereocenters. The lowest BCUT2D eigenvalue weighted by Gasteiger charge is -2.44. The predicted octanol–water partition coefficient (Wildman–Crippen LogP) is 3.15. The van der Waals surface area contributed by atoms with Crippen LogP contribution in [0, 0.1) is 17.2 Å². The highest BCUT2D eigenvalue weighted by Gasteiger charge is 2.54. The van der Waals surface area contributed by atoms with E-state index in [9.17, 15) is 14.0 Å². The lowest BCUT2D eigenvalue weighted by atomic mass is 9.61. The highest BCUT2D eigenvalue weighted by molar-refractivity contribution is 6.02. The molecule has 1 aromatic carbocycles. The van der Waals surface area contributed by atoms with E-state index in [4.69, 9.17) is 0 Å². The lowest BCUT2D eigenvalue weighted by molar-refractivity contribution is -0.141. The molecule has 1 aliphatic heterocycles. The van der Waals surface area contributed by atoms with Crippen molar-refractivity contribution in [3.05, 3.63) is 35.6 Å². The lowest BCUT2D eigenvalue weighted by Crippen LogP contribution is -2.52. The number of piperidine rings is 1. The molecule has 2 fully saturated rings. The number of carbonyl (C=O) groups excluding carboxylic acids is 2. The molecule has 0 radical (unpaired) electrons. The highest BCUT2D eigenvalue weighted by Crippen LogP contribution is 2.57. The zero-order chi connectivity index (χ0) is 15.0. The van der Waals surface area contributed by atoms with E-state index >= 15 is 0 Å². The Balaban J connectivity index is 2.09. The van der Waals surface area contributed by atoms with Crippen molar-refractivity contribution in [3.8, 4) is 0 Å². The van der Waals surface area contributed by atoms with Crippen molar-refractivity contribution in [1.82, 2.24) is 5.32 Å². The highest BCUT2D eigenvalue weighted by atomic mass is 19.1. The number of imide groups is 1. The third kappa shape index (κ3) is 2.27. The molecular formula is C17H20FNO2. The molecule has 1 aromatic rings. The standard InChI is InChI=1S/C17H20FNO2/c1-2-12-6-4-8-17(12)10-14(20)19-16(21)15(17)11-5-3-7-13(18)9-11/h3,5,7,9,12,15H,2,4,6,8,10H2,1H3,(H,19,20,21). The molecule has 4 heteroatoms. The first kappa shape index (κ1) is 14.2. The fraction of sp³-hybridized carbons (Fsp3) is 0.529. The molecule has 3 rings (SSSR count). The first-order chi connectivity index (χ1) is 10.1. The number of amides is 2. The van der Waals surface area contributed by atoms with Gasteiger partial charge >= 0.3 is 0 Å². The van der Waals surface area contributed by atoms with Crippen LogP contribution in [-0.2, 0) is 9.59 Å². The van der Waals surface area contributed by atoms with Gasteiger partial charge in [0, 0.05) is 6.42 Å². The van der Waals surface area contributed by atoms with Crippen molar-refractivity contribution in [2.75, 3.05) is 0 Å². The summed E-state index contributed by atoms with van der Waals surface area (Å²) in [6, 6.07) is 6.26. The summed E-state index contributed by atoms with van der Waals surface area (Å²) < 4.78 is 13.6. The van der Waals surface area contributed by atoms with Gasteiger partial charge in [0.1, 0.15) is 5.82 Å². The van der Waals surface area contributed by atoms with Crippen LogP contribution < -0.4 is 5.32 Å². The maximum absolute atomic E-state index is 13.6. The van der Waals surface area contributed by atoms with E-state index in [1.807, 2.05) is 0 Å². The summed E-state index contributed by atoms with van der Waals surface area (Å²) in [6.07, 6.45) is 4.27. The molecule has 0 aromatic heterocycles. The summed E-state index contributed by atoms with van der Waals surface area (Å²) in [5, 5.41) is 2.44. The van der Waals surface area contributed by atoms with E-state index in [0.717, 1.165) is 25.7 Å². The Morgan fingerprint density at radius 2 is 2.19 bits per heavy atom. The van der Waals surface area contributed by atoms with Crippen LogP contribution in [0.15, 0.2) is 24.3 Å². The molecule has 2 aliphatic rings. The van der Waals surface area contributed by atoms with Gasteiger partial charge in [-0.1, -0.05) is 31.9 Å². The summed E-state index contributed by atoms with van der Waals surface area (Å²) in [7, 11) is 0. The fourth-order valence-corrected chi connectivity index (χ4v) is 4.48. The Hall–Kier alpha value is -1.71. The largest absolute Gasteiger partial charge is 0.296 e. The Kier molecular flexibility index (Phi) is 3.56. The second-order valence-electron chi connectivity index (χ2n) is 6.31. The monoisotopic (exact) mass is 289 g/mol. The van der Waals surface area contributed by atoms with Crippen LogP contribution in [0.25, 0.3) is 0 Å². The van der Waals surface area contributed by atoms with Crippen LogP contribution in [-0.4, -0.2) is 11.8 Å². The second-order valence-corrected chi connectivity index (χ2v) is 6.31. The number of nitrogens with one attached hydrogen (secondary N) is 1. The van der Waals surface area contributed by atoms with Gasteiger partial charge in [0.15, 0.2) is 0 Å². The predicted molar refractivity (Wildman–Crippen MR) is 77.0 cm³/mol. The van der Waals surface area contributed by atoms with E-state index in [1.165, 1.54) is 12.1 Å². The molecular weight excluding hydrogens is 269 g/mol. The first-order valence-electron chi connectivity index (χ1n) is 7.66. The van der Waals surface area contributed by atoms with Crippen LogP contribution in [0.5, 0.6) is 0 Å². The van der Waals surface area contributed by atoms with Crippen molar-refractivity contribution >= 4 is 11.8 Å². The van der Waals surface area contributed by atoms with E-state index in [2.05, 4.69) is 12.2 Å². The van der Waals surface area contributed by atoms with Crippen molar-refractivity contribution in [1.29, 1.82) is 0 Å². The van der Waals surface area contributed by atoms with Gasteiger partial charge in [-0.3, -0.25) is 14.9 Å². The number of carbonyl (C=O) groups is 2. The topological polar surface area (TPSA) is 46.2 Å². The van der Waals surface area contributed by atoms with Crippen molar-refractivity contribution in [2.24, 2.45) is 11.3 Å². The molecule has 0 bridgehead atoms. The van der Waals surface area contributed by atoms with E-state index in [0.29, 0.717) is 17.9 Å². The number of hydrogen-bond donors (Lipinski definition) is 1. The molecule has 2 amide bonds. The van der Waals surface area contributed by atoms with Crippen molar-refractivity contribution in [3.63, 3.8) is 0 Å². The normalized spacial score (nSPS) is 32.5. The summed E-state index contributed by atoms with van der Waals surface area (Å²) in [4.78, 5) is 24.4. The molecule has 3 atom stereocenters. The summed E-state index contributed by atoms with van der Waals surface area (Å²) in [6.45, 7) is 2.11. The number of benzene rings is 1. The van der Waals surface area contributed by atoms with Crippen LogP contribution in [0.2, 0.25) is 0 Å². The molecule has 1 spiro atoms. The van der Waals surface area contributed by atoms with Gasteiger partial charge in [-0.15, -0.1) is 0 Å². The minimum atomic E-state index is -0.418. The molecule has 1 heterocycles. The molecule has 1 saturated carbocycles. The third-order valence-electron chi connectivity index (χ3n) is 5.27. The van der Waals surface area contributed by atoms with Crippen molar-refractivity contribution < 1.29 is 14.0 Å². The van der Waals surface area contributed by atoms with Gasteiger partial charge in [-0.2, -0.15) is 0 Å². The molecule has 1 saturated heterocycles. The zero-order valence-electron chi connectivity index (χ0n) is 12.2. The summed E-state index contributed by atoms with van der Waals surface area (Å²) >= 11 is 0. The quantitative estimate of drug-likeness (QED) is 0.850.